The quantitative estimate of drug-likeness (QED) is 0.648. The molecule has 2 aromatic carbocycles. The average Bonchev–Trinajstić information content (AvgIpc) is 2.86. The lowest BCUT2D eigenvalue weighted by Crippen LogP contribution is -1.99. The number of aromatic nitrogens is 1. The molecule has 0 amide bonds. The molecule has 0 saturated carbocycles. The highest BCUT2D eigenvalue weighted by molar-refractivity contribution is 5.93. The van der Waals surface area contributed by atoms with Gasteiger partial charge in [-0.25, -0.2) is 4.39 Å². The van der Waals surface area contributed by atoms with Crippen LogP contribution in [0.25, 0.3) is 22.2 Å². The van der Waals surface area contributed by atoms with Gasteiger partial charge in [0, 0.05) is 22.2 Å². The van der Waals surface area contributed by atoms with Crippen LogP contribution in [0.2, 0.25) is 0 Å². The maximum absolute atomic E-state index is 13.7. The number of unbranched alkanes of at least 4 members (excludes halogenated alkanes) is 1. The van der Waals surface area contributed by atoms with E-state index < -0.39 is 0 Å². The number of hydrogen-bond acceptors (Lipinski definition) is 1. The molecule has 0 spiro atoms. The number of benzene rings is 2. The first-order valence-corrected chi connectivity index (χ1v) is 8.18. The third kappa shape index (κ3) is 3.15. The first-order valence-electron chi connectivity index (χ1n) is 8.18. The first-order chi connectivity index (χ1) is 11.1. The maximum atomic E-state index is 13.7. The average molecular weight is 310 g/mol. The zero-order valence-electron chi connectivity index (χ0n) is 13.7. The lowest BCUT2D eigenvalue weighted by atomic mass is 9.97. The summed E-state index contributed by atoms with van der Waals surface area (Å²) in [6.45, 7) is 4.95. The van der Waals surface area contributed by atoms with E-state index in [1.165, 1.54) is 28.1 Å². The van der Waals surface area contributed by atoms with Crippen molar-refractivity contribution in [1.29, 1.82) is 0 Å². The molecular formula is C20H23FN2. The SMILES string of the molecule is Cc1cc(C)c2c(CCCCN)c(-c3cccc(F)c3)[nH]c2c1. The summed E-state index contributed by atoms with van der Waals surface area (Å²) < 4.78 is 13.7. The van der Waals surface area contributed by atoms with Crippen molar-refractivity contribution in [1.82, 2.24) is 4.98 Å². The number of H-pyrrole nitrogens is 1. The molecule has 2 nitrogen and oxygen atoms in total. The van der Waals surface area contributed by atoms with E-state index in [1.807, 2.05) is 6.07 Å². The van der Waals surface area contributed by atoms with Gasteiger partial charge in [0.2, 0.25) is 0 Å². The van der Waals surface area contributed by atoms with Crippen LogP contribution in [0, 0.1) is 19.7 Å². The molecule has 0 aliphatic rings. The fourth-order valence-electron chi connectivity index (χ4n) is 3.39. The molecule has 0 aliphatic heterocycles. The molecule has 0 aliphatic carbocycles. The Kier molecular flexibility index (Phi) is 4.49. The predicted molar refractivity (Wildman–Crippen MR) is 95.2 cm³/mol. The Bertz CT molecular complexity index is 833. The van der Waals surface area contributed by atoms with Crippen molar-refractivity contribution in [2.24, 2.45) is 5.73 Å². The van der Waals surface area contributed by atoms with Gasteiger partial charge in [0.25, 0.3) is 0 Å². The Morgan fingerprint density at radius 3 is 2.65 bits per heavy atom. The summed E-state index contributed by atoms with van der Waals surface area (Å²) in [4.78, 5) is 3.52. The van der Waals surface area contributed by atoms with Crippen LogP contribution in [0.1, 0.15) is 29.5 Å². The smallest absolute Gasteiger partial charge is 0.123 e. The van der Waals surface area contributed by atoms with Gasteiger partial charge >= 0.3 is 0 Å². The second kappa shape index (κ2) is 6.55. The summed E-state index contributed by atoms with van der Waals surface area (Å²) in [5.41, 5.74) is 12.5. The highest BCUT2D eigenvalue weighted by Gasteiger charge is 2.15. The van der Waals surface area contributed by atoms with Crippen LogP contribution in [0.5, 0.6) is 0 Å². The molecule has 3 aromatic rings. The summed E-state index contributed by atoms with van der Waals surface area (Å²) in [7, 11) is 0. The topological polar surface area (TPSA) is 41.8 Å². The van der Waals surface area contributed by atoms with E-state index >= 15 is 0 Å². The van der Waals surface area contributed by atoms with E-state index in [4.69, 9.17) is 5.73 Å². The largest absolute Gasteiger partial charge is 0.354 e. The van der Waals surface area contributed by atoms with Gasteiger partial charge in [-0.3, -0.25) is 0 Å². The number of nitrogens with two attached hydrogens (primary N) is 1. The molecule has 0 saturated heterocycles. The molecule has 3 rings (SSSR count). The van der Waals surface area contributed by atoms with Crippen LogP contribution < -0.4 is 5.73 Å². The van der Waals surface area contributed by atoms with E-state index in [-0.39, 0.29) is 5.82 Å². The third-order valence-corrected chi connectivity index (χ3v) is 4.34. The molecule has 1 aromatic heterocycles. The molecule has 0 atom stereocenters. The molecule has 1 heterocycles. The van der Waals surface area contributed by atoms with Crippen molar-refractivity contribution in [3.8, 4) is 11.3 Å². The Morgan fingerprint density at radius 2 is 1.91 bits per heavy atom. The highest BCUT2D eigenvalue weighted by atomic mass is 19.1. The van der Waals surface area contributed by atoms with Crippen LogP contribution in [-0.2, 0) is 6.42 Å². The number of nitrogens with one attached hydrogen (secondary N) is 1. The molecular weight excluding hydrogens is 287 g/mol. The Labute approximate surface area is 136 Å². The standard InChI is InChI=1S/C20H23FN2/c1-13-10-14(2)19-17(8-3-4-9-22)20(23-18(19)11-13)15-6-5-7-16(21)12-15/h5-7,10-12,23H,3-4,8-9,22H2,1-2H3. The zero-order chi connectivity index (χ0) is 16.4. The van der Waals surface area contributed by atoms with E-state index in [0.29, 0.717) is 6.54 Å². The van der Waals surface area contributed by atoms with Gasteiger partial charge in [-0.15, -0.1) is 0 Å². The van der Waals surface area contributed by atoms with Crippen molar-refractivity contribution in [3.63, 3.8) is 0 Å². The van der Waals surface area contributed by atoms with Gasteiger partial charge in [0.05, 0.1) is 0 Å². The monoisotopic (exact) mass is 310 g/mol. The molecule has 23 heavy (non-hydrogen) atoms. The maximum Gasteiger partial charge on any atom is 0.123 e. The third-order valence-electron chi connectivity index (χ3n) is 4.34. The van der Waals surface area contributed by atoms with Gasteiger partial charge in [-0.2, -0.15) is 0 Å². The van der Waals surface area contributed by atoms with Crippen molar-refractivity contribution in [3.05, 3.63) is 58.9 Å². The molecule has 0 fully saturated rings. The minimum Gasteiger partial charge on any atom is -0.354 e. The van der Waals surface area contributed by atoms with E-state index in [9.17, 15) is 4.39 Å². The Balaban J connectivity index is 2.19. The van der Waals surface area contributed by atoms with Crippen molar-refractivity contribution < 1.29 is 4.39 Å². The van der Waals surface area contributed by atoms with E-state index in [2.05, 4.69) is 31.0 Å². The van der Waals surface area contributed by atoms with Gasteiger partial charge in [0.15, 0.2) is 0 Å². The summed E-state index contributed by atoms with van der Waals surface area (Å²) >= 11 is 0. The van der Waals surface area contributed by atoms with Crippen LogP contribution in [-0.4, -0.2) is 11.5 Å². The highest BCUT2D eigenvalue weighted by Crippen LogP contribution is 2.34. The van der Waals surface area contributed by atoms with Crippen LogP contribution in [0.4, 0.5) is 4.39 Å². The zero-order valence-corrected chi connectivity index (χ0v) is 13.7. The summed E-state index contributed by atoms with van der Waals surface area (Å²) in [6, 6.07) is 11.2. The van der Waals surface area contributed by atoms with Gasteiger partial charge in [0.1, 0.15) is 5.82 Å². The number of aryl methyl sites for hydroxylation is 3. The number of hydrogen-bond donors (Lipinski definition) is 2. The second-order valence-corrected chi connectivity index (χ2v) is 6.24. The molecule has 0 radical (unpaired) electrons. The molecule has 3 N–H and O–H groups in total. The Hall–Kier alpha value is -2.13. The minimum absolute atomic E-state index is 0.207. The molecule has 0 unspecified atom stereocenters. The molecule has 120 valence electrons. The van der Waals surface area contributed by atoms with Crippen LogP contribution in [0.15, 0.2) is 36.4 Å². The molecule has 3 heteroatoms. The van der Waals surface area contributed by atoms with Crippen molar-refractivity contribution in [2.75, 3.05) is 6.54 Å². The van der Waals surface area contributed by atoms with Crippen LogP contribution >= 0.6 is 0 Å². The van der Waals surface area contributed by atoms with Crippen molar-refractivity contribution >= 4 is 10.9 Å². The Morgan fingerprint density at radius 1 is 1.09 bits per heavy atom. The van der Waals surface area contributed by atoms with Gasteiger partial charge in [-0.1, -0.05) is 18.2 Å². The molecule has 0 bridgehead atoms. The fourth-order valence-corrected chi connectivity index (χ4v) is 3.39. The van der Waals surface area contributed by atoms with E-state index in [0.717, 1.165) is 36.0 Å². The predicted octanol–water partition coefficient (Wildman–Crippen LogP) is 4.87. The summed E-state index contributed by atoms with van der Waals surface area (Å²) in [5.74, 6) is -0.207. The number of rotatable bonds is 5. The van der Waals surface area contributed by atoms with Gasteiger partial charge < -0.3 is 10.7 Å². The fraction of sp³-hybridized carbons (Fsp3) is 0.300. The lowest BCUT2D eigenvalue weighted by molar-refractivity contribution is 0.628. The van der Waals surface area contributed by atoms with E-state index in [1.54, 1.807) is 12.1 Å². The normalized spacial score (nSPS) is 11.3. The van der Waals surface area contributed by atoms with Crippen molar-refractivity contribution in [2.45, 2.75) is 33.1 Å². The first kappa shape index (κ1) is 15.8. The number of aromatic amines is 1. The number of halogens is 1. The minimum atomic E-state index is -0.207. The lowest BCUT2D eigenvalue weighted by Gasteiger charge is -2.07. The summed E-state index contributed by atoms with van der Waals surface area (Å²) in [6.07, 6.45) is 2.99. The summed E-state index contributed by atoms with van der Waals surface area (Å²) in [5, 5.41) is 1.27. The second-order valence-electron chi connectivity index (χ2n) is 6.24. The number of fused-ring (bicyclic) bond motifs is 1. The van der Waals surface area contributed by atoms with Gasteiger partial charge in [-0.05, 0) is 74.5 Å². The van der Waals surface area contributed by atoms with Crippen LogP contribution in [0.3, 0.4) is 0 Å².